The lowest BCUT2D eigenvalue weighted by Gasteiger charge is -2.51. The Kier molecular flexibility index (Phi) is 9.13. The van der Waals surface area contributed by atoms with Crippen LogP contribution < -0.4 is 10.2 Å². The van der Waals surface area contributed by atoms with Crippen LogP contribution in [0.2, 0.25) is 0 Å². The molecule has 1 aromatic heterocycles. The summed E-state index contributed by atoms with van der Waals surface area (Å²) in [5.41, 5.74) is 1.38. The molecule has 2 unspecified atom stereocenters. The number of benzene rings is 2. The first-order chi connectivity index (χ1) is 21.7. The standard InChI is InChI=1S/C35H44F3N5O2/c1-25-39-17-20-42(25)24-34(27-7-4-3-5-8-27,31-9-6-10-32(31)40-33(44)45-2)28-15-18-41(19-16-28)21-26-22-43(23-26)30-13-11-29(12-14-30)35(36,37)38/h3-5,7-8,11-14,17,20,26,28,31-32H,6,9-10,15-16,18-19,21-24H2,1-2H3,(H,40,44)/t31?,32?,34-/m1/s1. The molecule has 0 radical (unpaired) electrons. The number of aromatic nitrogens is 2. The summed E-state index contributed by atoms with van der Waals surface area (Å²) in [6.07, 6.45) is 4.43. The molecule has 10 heteroatoms. The zero-order valence-corrected chi connectivity index (χ0v) is 26.2. The van der Waals surface area contributed by atoms with Crippen molar-refractivity contribution < 1.29 is 22.7 Å². The number of methoxy groups -OCH3 is 1. The van der Waals surface area contributed by atoms with Gasteiger partial charge in [-0.05, 0) is 87.4 Å². The molecule has 0 bridgehead atoms. The van der Waals surface area contributed by atoms with Gasteiger partial charge in [0.2, 0.25) is 0 Å². The number of piperidine rings is 1. The molecule has 6 rings (SSSR count). The predicted octanol–water partition coefficient (Wildman–Crippen LogP) is 6.52. The normalized spacial score (nSPS) is 23.0. The van der Waals surface area contributed by atoms with Gasteiger partial charge in [-0.25, -0.2) is 9.78 Å². The highest BCUT2D eigenvalue weighted by Gasteiger charge is 2.52. The van der Waals surface area contributed by atoms with Gasteiger partial charge in [-0.3, -0.25) is 0 Å². The monoisotopic (exact) mass is 623 g/mol. The number of alkyl halides is 3. The lowest BCUT2D eigenvalue weighted by molar-refractivity contribution is -0.137. The molecule has 242 valence electrons. The molecule has 3 heterocycles. The molecular weight excluding hydrogens is 579 g/mol. The fourth-order valence-corrected chi connectivity index (χ4v) is 8.40. The molecule has 1 N–H and O–H groups in total. The van der Waals surface area contributed by atoms with E-state index in [2.05, 4.69) is 68.1 Å². The van der Waals surface area contributed by atoms with Crippen LogP contribution in [0.25, 0.3) is 0 Å². The van der Waals surface area contributed by atoms with Crippen LogP contribution in [-0.2, 0) is 22.9 Å². The van der Waals surface area contributed by atoms with E-state index in [0.717, 1.165) is 82.9 Å². The Labute approximate surface area is 263 Å². The van der Waals surface area contributed by atoms with E-state index < -0.39 is 11.7 Å². The molecule has 3 aromatic rings. The number of nitrogens with one attached hydrogen (secondary N) is 1. The second kappa shape index (κ2) is 13.1. The number of carbonyl (C=O) groups excluding carboxylic acids is 1. The second-order valence-electron chi connectivity index (χ2n) is 13.2. The van der Waals surface area contributed by atoms with Crippen LogP contribution in [0, 0.1) is 24.7 Å². The van der Waals surface area contributed by atoms with Crippen LogP contribution >= 0.6 is 0 Å². The maximum Gasteiger partial charge on any atom is 0.416 e. The van der Waals surface area contributed by atoms with Crippen molar-refractivity contribution in [2.45, 2.75) is 63.2 Å². The van der Waals surface area contributed by atoms with Gasteiger partial charge in [-0.1, -0.05) is 36.8 Å². The summed E-state index contributed by atoms with van der Waals surface area (Å²) >= 11 is 0. The van der Waals surface area contributed by atoms with Gasteiger partial charge in [0.15, 0.2) is 0 Å². The minimum atomic E-state index is -4.31. The number of halogens is 3. The third kappa shape index (κ3) is 6.57. The summed E-state index contributed by atoms with van der Waals surface area (Å²) in [6.45, 7) is 7.59. The Morgan fingerprint density at radius 3 is 2.31 bits per heavy atom. The Bertz CT molecular complexity index is 1420. The average Bonchev–Trinajstić information content (AvgIpc) is 3.66. The number of ether oxygens (including phenoxy) is 1. The number of imidazole rings is 1. The third-order valence-electron chi connectivity index (χ3n) is 10.7. The smallest absolute Gasteiger partial charge is 0.416 e. The molecule has 3 fully saturated rings. The van der Waals surface area contributed by atoms with Gasteiger partial charge >= 0.3 is 12.3 Å². The lowest BCUT2D eigenvalue weighted by Crippen LogP contribution is -2.56. The molecule has 1 saturated carbocycles. The maximum absolute atomic E-state index is 13.0. The molecule has 1 aliphatic carbocycles. The molecule has 2 aromatic carbocycles. The van der Waals surface area contributed by atoms with E-state index in [0.29, 0.717) is 11.8 Å². The third-order valence-corrected chi connectivity index (χ3v) is 10.7. The van der Waals surface area contributed by atoms with Crippen molar-refractivity contribution in [1.29, 1.82) is 0 Å². The Morgan fingerprint density at radius 1 is 0.978 bits per heavy atom. The number of rotatable bonds is 9. The first kappa shape index (κ1) is 31.5. The summed E-state index contributed by atoms with van der Waals surface area (Å²) in [6, 6.07) is 16.4. The van der Waals surface area contributed by atoms with Crippen LogP contribution in [0.3, 0.4) is 0 Å². The minimum Gasteiger partial charge on any atom is -0.453 e. The summed E-state index contributed by atoms with van der Waals surface area (Å²) in [4.78, 5) is 21.8. The molecular formula is C35H44F3N5O2. The predicted molar refractivity (Wildman–Crippen MR) is 168 cm³/mol. The molecule has 3 atom stereocenters. The SMILES string of the molecule is COC(=O)NC1CCCC1[C@](Cn1ccnc1C)(c1ccccc1)C1CCN(CC2CN(c3ccc(C(F)(F)F)cc3)C2)CC1. The van der Waals surface area contributed by atoms with Crippen molar-refractivity contribution in [3.63, 3.8) is 0 Å². The summed E-state index contributed by atoms with van der Waals surface area (Å²) < 4.78 is 46.3. The lowest BCUT2D eigenvalue weighted by atomic mass is 9.58. The number of carbonyl (C=O) groups is 1. The van der Waals surface area contributed by atoms with Gasteiger partial charge in [0.1, 0.15) is 5.82 Å². The number of alkyl carbamates (subject to hydrolysis) is 1. The first-order valence-electron chi connectivity index (χ1n) is 16.2. The Morgan fingerprint density at radius 2 is 1.69 bits per heavy atom. The van der Waals surface area contributed by atoms with Crippen molar-refractivity contribution in [3.05, 3.63) is 83.9 Å². The van der Waals surface area contributed by atoms with Gasteiger partial charge in [-0.15, -0.1) is 0 Å². The van der Waals surface area contributed by atoms with Crippen molar-refractivity contribution in [3.8, 4) is 0 Å². The van der Waals surface area contributed by atoms with Gasteiger partial charge in [0.25, 0.3) is 0 Å². The zero-order valence-electron chi connectivity index (χ0n) is 26.2. The Balaban J connectivity index is 1.18. The number of amides is 1. The van der Waals surface area contributed by atoms with Gasteiger partial charge in [-0.2, -0.15) is 13.2 Å². The van der Waals surface area contributed by atoms with Crippen molar-refractivity contribution >= 4 is 11.8 Å². The number of likely N-dealkylation sites (tertiary alicyclic amines) is 1. The number of anilines is 1. The number of aryl methyl sites for hydroxylation is 1. The van der Waals surface area contributed by atoms with Gasteiger partial charge in [0.05, 0.1) is 12.7 Å². The average molecular weight is 624 g/mol. The fourth-order valence-electron chi connectivity index (χ4n) is 8.40. The highest BCUT2D eigenvalue weighted by molar-refractivity contribution is 5.67. The van der Waals surface area contributed by atoms with Crippen molar-refractivity contribution in [2.24, 2.45) is 17.8 Å². The molecule has 3 aliphatic rings. The second-order valence-corrected chi connectivity index (χ2v) is 13.2. The summed E-state index contributed by atoms with van der Waals surface area (Å²) in [7, 11) is 1.43. The van der Waals surface area contributed by atoms with E-state index in [9.17, 15) is 18.0 Å². The maximum atomic E-state index is 13.0. The van der Waals surface area contributed by atoms with Crippen molar-refractivity contribution in [1.82, 2.24) is 19.8 Å². The van der Waals surface area contributed by atoms with Gasteiger partial charge in [0, 0.05) is 61.6 Å². The quantitative estimate of drug-likeness (QED) is 0.294. The van der Waals surface area contributed by atoms with Gasteiger partial charge < -0.3 is 24.4 Å². The van der Waals surface area contributed by atoms with Crippen LogP contribution in [0.1, 0.15) is 49.1 Å². The number of nitrogens with zero attached hydrogens (tertiary/aromatic N) is 4. The molecule has 0 spiro atoms. The van der Waals surface area contributed by atoms with E-state index in [1.807, 2.05) is 6.20 Å². The summed E-state index contributed by atoms with van der Waals surface area (Å²) in [5, 5.41) is 3.21. The topological polar surface area (TPSA) is 62.6 Å². The van der Waals surface area contributed by atoms with E-state index in [4.69, 9.17) is 4.74 Å². The molecule has 2 saturated heterocycles. The zero-order chi connectivity index (χ0) is 31.6. The highest BCUT2D eigenvalue weighted by Crippen LogP contribution is 2.51. The molecule has 7 nitrogen and oxygen atoms in total. The number of hydrogen-bond acceptors (Lipinski definition) is 5. The molecule has 2 aliphatic heterocycles. The van der Waals surface area contributed by atoms with Crippen LogP contribution in [0.15, 0.2) is 67.0 Å². The fraction of sp³-hybridized carbons (Fsp3) is 0.543. The Hall–Kier alpha value is -3.53. The minimum absolute atomic E-state index is 0.0330. The number of hydrogen-bond donors (Lipinski definition) is 1. The van der Waals surface area contributed by atoms with E-state index in [1.54, 1.807) is 12.1 Å². The summed E-state index contributed by atoms with van der Waals surface area (Å²) in [5.74, 6) is 2.15. The molecule has 1 amide bonds. The van der Waals surface area contributed by atoms with E-state index >= 15 is 0 Å². The molecule has 45 heavy (non-hydrogen) atoms. The highest BCUT2D eigenvalue weighted by atomic mass is 19.4. The largest absolute Gasteiger partial charge is 0.453 e. The first-order valence-corrected chi connectivity index (χ1v) is 16.2. The van der Waals surface area contributed by atoms with Crippen LogP contribution in [0.4, 0.5) is 23.7 Å². The van der Waals surface area contributed by atoms with Crippen LogP contribution in [0.5, 0.6) is 0 Å². The van der Waals surface area contributed by atoms with Crippen LogP contribution in [-0.4, -0.2) is 66.4 Å². The van der Waals surface area contributed by atoms with Crippen molar-refractivity contribution in [2.75, 3.05) is 44.7 Å². The van der Waals surface area contributed by atoms with E-state index in [1.165, 1.54) is 24.8 Å². The van der Waals surface area contributed by atoms with E-state index in [-0.39, 0.29) is 23.5 Å².